The van der Waals surface area contributed by atoms with Crippen molar-refractivity contribution in [2.45, 2.75) is 333 Å². The number of hydrogen-bond donors (Lipinski definition) is 4. The van der Waals surface area contributed by atoms with Crippen molar-refractivity contribution in [1.29, 1.82) is 0 Å². The molecular weight excluding hydrogens is 1000 g/mol. The topological polar surface area (TPSA) is 178 Å². The Balaban J connectivity index is 2.24. The summed E-state index contributed by atoms with van der Waals surface area (Å²) >= 11 is 0. The van der Waals surface area contributed by atoms with Crippen molar-refractivity contribution >= 4 is 16.4 Å². The molecule has 1 fully saturated rings. The van der Waals surface area contributed by atoms with E-state index in [4.69, 9.17) is 18.9 Å². The Labute approximate surface area is 478 Å². The Morgan fingerprint density at radius 1 is 0.487 bits per heavy atom. The van der Waals surface area contributed by atoms with E-state index < -0.39 is 59.8 Å². The number of rotatable bonds is 58. The molecule has 0 bridgehead atoms. The van der Waals surface area contributed by atoms with Gasteiger partial charge in [-0.3, -0.25) is 9.35 Å². The molecule has 1 rings (SSSR count). The van der Waals surface area contributed by atoms with Gasteiger partial charge in [-0.2, -0.15) is 8.42 Å². The summed E-state index contributed by atoms with van der Waals surface area (Å²) in [5.41, 5.74) is 0. The Morgan fingerprint density at radius 2 is 0.846 bits per heavy atom. The minimum Gasteiger partial charge on any atom is -0.457 e. The van der Waals surface area contributed by atoms with Crippen LogP contribution in [0.3, 0.4) is 0 Å². The van der Waals surface area contributed by atoms with E-state index in [0.717, 1.165) is 51.4 Å². The predicted octanol–water partition coefficient (Wildman–Crippen LogP) is 17.0. The quantitative estimate of drug-likeness (QED) is 0.0196. The van der Waals surface area contributed by atoms with Gasteiger partial charge in [0.15, 0.2) is 6.29 Å². The van der Waals surface area contributed by atoms with Gasteiger partial charge in [0.1, 0.15) is 30.5 Å². The molecule has 78 heavy (non-hydrogen) atoms. The van der Waals surface area contributed by atoms with Crippen LogP contribution in [-0.4, -0.2) is 97.5 Å². The van der Waals surface area contributed by atoms with E-state index in [-0.39, 0.29) is 19.6 Å². The Hall–Kier alpha value is -1.94. The van der Waals surface area contributed by atoms with Crippen LogP contribution in [0.2, 0.25) is 0 Å². The Morgan fingerprint density at radius 3 is 1.22 bits per heavy atom. The van der Waals surface area contributed by atoms with Gasteiger partial charge in [0.2, 0.25) is 0 Å². The first-order chi connectivity index (χ1) is 38.1. The summed E-state index contributed by atoms with van der Waals surface area (Å²) in [6.45, 7) is 4.03. The number of aliphatic hydroxyl groups excluding tert-OH is 3. The maximum absolute atomic E-state index is 13.0. The van der Waals surface area contributed by atoms with Crippen LogP contribution in [0.25, 0.3) is 0 Å². The normalized spacial score (nSPS) is 18.7. The molecule has 0 aromatic carbocycles. The lowest BCUT2D eigenvalue weighted by Crippen LogP contribution is -2.60. The van der Waals surface area contributed by atoms with Crippen LogP contribution in [0.1, 0.15) is 296 Å². The first-order valence-electron chi connectivity index (χ1n) is 32.4. The number of allylic oxidation sites excluding steroid dienone is 8. The number of ether oxygens (including phenoxy) is 4. The van der Waals surface area contributed by atoms with Crippen molar-refractivity contribution < 1.29 is 56.2 Å². The van der Waals surface area contributed by atoms with E-state index in [1.54, 1.807) is 0 Å². The van der Waals surface area contributed by atoms with Gasteiger partial charge in [-0.1, -0.05) is 262 Å². The SMILES string of the molecule is CCCCCCC/C=C\C/C=C\CCCCCCCCCCCCCCCCOCC(COC1OC(CO)C(O)C(OS(=O)(=O)O)C1O)OC(=O)CCCCCCCCCCCCCCC/C=C\C/C=C\CCCCCCC. The van der Waals surface area contributed by atoms with Crippen molar-refractivity contribution in [1.82, 2.24) is 0 Å². The zero-order chi connectivity index (χ0) is 56.7. The molecule has 0 spiro atoms. The monoisotopic (exact) mass is 1120 g/mol. The fourth-order valence-corrected chi connectivity index (χ4v) is 10.5. The summed E-state index contributed by atoms with van der Waals surface area (Å²) in [4.78, 5) is 13.0. The van der Waals surface area contributed by atoms with Crippen LogP contribution in [0, 0.1) is 0 Å². The molecule has 0 aliphatic carbocycles. The van der Waals surface area contributed by atoms with Crippen molar-refractivity contribution in [3.63, 3.8) is 0 Å². The molecule has 13 heteroatoms. The average Bonchev–Trinajstić information content (AvgIpc) is 3.42. The molecule has 1 aliphatic heterocycles. The standard InChI is InChI=1S/C65H120O12S/c1-3-5-7-9-11-13-15-17-19-21-23-25-27-29-31-33-35-37-39-41-43-45-47-49-51-53-55-73-57-59(58-74-65-63(69)64(77-78(70,71)72)62(68)60(56-66)76-65)75-61(67)54-52-50-48-46-44-42-40-38-36-34-32-30-28-26-24-22-20-18-16-14-12-10-8-6-4-2/h15-18,21-24,59-60,62-66,68-69H,3-14,19-20,25-58H2,1-2H3,(H,70,71,72)/b17-15-,18-16-,23-21-,24-22-. The molecule has 0 saturated carbocycles. The first kappa shape index (κ1) is 74.1. The van der Waals surface area contributed by atoms with Gasteiger partial charge in [0, 0.05) is 13.0 Å². The first-order valence-corrected chi connectivity index (χ1v) is 33.8. The van der Waals surface area contributed by atoms with Crippen molar-refractivity contribution in [3.8, 4) is 0 Å². The van der Waals surface area contributed by atoms with Crippen LogP contribution in [-0.2, 0) is 38.3 Å². The largest absolute Gasteiger partial charge is 0.457 e. The van der Waals surface area contributed by atoms with Gasteiger partial charge < -0.3 is 34.3 Å². The smallest absolute Gasteiger partial charge is 0.397 e. The van der Waals surface area contributed by atoms with Crippen LogP contribution in [0.5, 0.6) is 0 Å². The minimum atomic E-state index is -5.07. The molecule has 0 amide bonds. The van der Waals surface area contributed by atoms with Crippen molar-refractivity contribution in [2.24, 2.45) is 0 Å². The average molecular weight is 1130 g/mol. The third-order valence-electron chi connectivity index (χ3n) is 14.9. The summed E-state index contributed by atoms with van der Waals surface area (Å²) in [5, 5.41) is 30.9. The summed E-state index contributed by atoms with van der Waals surface area (Å²) in [6, 6.07) is 0. The number of unbranched alkanes of at least 4 members (excludes halogenated alkanes) is 37. The lowest BCUT2D eigenvalue weighted by atomic mass is 9.99. The minimum absolute atomic E-state index is 0.0373. The number of aliphatic hydroxyl groups is 3. The Bertz CT molecular complexity index is 1530. The predicted molar refractivity (Wildman–Crippen MR) is 322 cm³/mol. The third kappa shape index (κ3) is 47.7. The highest BCUT2D eigenvalue weighted by Crippen LogP contribution is 2.26. The lowest BCUT2D eigenvalue weighted by Gasteiger charge is -2.41. The van der Waals surface area contributed by atoms with E-state index >= 15 is 0 Å². The van der Waals surface area contributed by atoms with E-state index in [1.807, 2.05) is 0 Å². The zero-order valence-corrected chi connectivity index (χ0v) is 50.8. The third-order valence-corrected chi connectivity index (χ3v) is 15.4. The van der Waals surface area contributed by atoms with E-state index in [9.17, 15) is 33.1 Å². The Kier molecular flexibility index (Phi) is 52.8. The van der Waals surface area contributed by atoms with Crippen LogP contribution >= 0.6 is 0 Å². The highest BCUT2D eigenvalue weighted by atomic mass is 32.3. The van der Waals surface area contributed by atoms with E-state index in [1.165, 1.54) is 218 Å². The molecular formula is C65H120O12S. The van der Waals surface area contributed by atoms with Crippen LogP contribution in [0.15, 0.2) is 48.6 Å². The van der Waals surface area contributed by atoms with Crippen molar-refractivity contribution in [2.75, 3.05) is 26.4 Å². The highest BCUT2D eigenvalue weighted by molar-refractivity contribution is 7.80. The molecule has 6 unspecified atom stereocenters. The zero-order valence-electron chi connectivity index (χ0n) is 50.0. The highest BCUT2D eigenvalue weighted by Gasteiger charge is 2.48. The van der Waals surface area contributed by atoms with E-state index in [2.05, 4.69) is 66.6 Å². The number of esters is 1. The van der Waals surface area contributed by atoms with Crippen molar-refractivity contribution in [3.05, 3.63) is 48.6 Å². The maximum Gasteiger partial charge on any atom is 0.397 e. The molecule has 6 atom stereocenters. The fourth-order valence-electron chi connectivity index (χ4n) is 10.0. The lowest BCUT2D eigenvalue weighted by molar-refractivity contribution is -0.301. The molecule has 12 nitrogen and oxygen atoms in total. The van der Waals surface area contributed by atoms with Crippen LogP contribution < -0.4 is 0 Å². The number of carbonyl (C=O) groups excluding carboxylic acids is 1. The maximum atomic E-state index is 13.0. The molecule has 0 aromatic rings. The van der Waals surface area contributed by atoms with Gasteiger partial charge in [-0.15, -0.1) is 0 Å². The number of carbonyl (C=O) groups is 1. The molecule has 1 aliphatic rings. The second-order valence-corrected chi connectivity index (χ2v) is 23.4. The molecule has 0 radical (unpaired) electrons. The fraction of sp³-hybridized carbons (Fsp3) is 0.862. The summed E-state index contributed by atoms with van der Waals surface area (Å²) in [5.74, 6) is -0.395. The number of hydrogen-bond acceptors (Lipinski definition) is 11. The molecule has 1 saturated heterocycles. The summed E-state index contributed by atoms with van der Waals surface area (Å²) < 4.78 is 59.6. The van der Waals surface area contributed by atoms with Gasteiger partial charge in [0.25, 0.3) is 0 Å². The van der Waals surface area contributed by atoms with Gasteiger partial charge in [0.05, 0.1) is 19.8 Å². The van der Waals surface area contributed by atoms with Gasteiger partial charge >= 0.3 is 16.4 Å². The molecule has 458 valence electrons. The second-order valence-electron chi connectivity index (χ2n) is 22.4. The van der Waals surface area contributed by atoms with Gasteiger partial charge in [-0.25, -0.2) is 4.18 Å². The molecule has 1 heterocycles. The van der Waals surface area contributed by atoms with E-state index in [0.29, 0.717) is 13.0 Å². The summed E-state index contributed by atoms with van der Waals surface area (Å²) in [7, 11) is -5.07. The molecule has 0 aromatic heterocycles. The van der Waals surface area contributed by atoms with Gasteiger partial charge in [-0.05, 0) is 77.0 Å². The van der Waals surface area contributed by atoms with Crippen LogP contribution in [0.4, 0.5) is 0 Å². The summed E-state index contributed by atoms with van der Waals surface area (Å²) in [6.07, 6.45) is 63.0. The molecule has 4 N–H and O–H groups in total. The second kappa shape index (κ2) is 55.6.